The molecule has 2 N–H and O–H groups in total. The molecule has 0 bridgehead atoms. The zero-order chi connectivity index (χ0) is 15.3. The lowest BCUT2D eigenvalue weighted by Gasteiger charge is -2.13. The van der Waals surface area contributed by atoms with Crippen molar-refractivity contribution >= 4 is 26.0 Å². The number of aliphatic hydroxyl groups is 1. The quantitative estimate of drug-likeness (QED) is 0.820. The molecule has 2 aromatic carbocycles. The Morgan fingerprint density at radius 2 is 1.67 bits per heavy atom. The Morgan fingerprint density at radius 1 is 1.05 bits per heavy atom. The Hall–Kier alpha value is -1.21. The van der Waals surface area contributed by atoms with Crippen LogP contribution < -0.4 is 4.72 Å². The summed E-state index contributed by atoms with van der Waals surface area (Å²) in [7, 11) is -3.64. The van der Waals surface area contributed by atoms with Crippen LogP contribution in [0.1, 0.15) is 5.56 Å². The molecule has 1 atom stereocenters. The maximum Gasteiger partial charge on any atom is 0.241 e. The molecular weight excluding hydrogens is 354 g/mol. The SMILES string of the molecule is O=S(=O)(NCC(O)Cc1ccccc1)c1ccccc1Br. The third-order valence-corrected chi connectivity index (χ3v) is 5.38. The van der Waals surface area contributed by atoms with Gasteiger partial charge in [-0.15, -0.1) is 0 Å². The lowest BCUT2D eigenvalue weighted by Crippen LogP contribution is -2.33. The van der Waals surface area contributed by atoms with Gasteiger partial charge in [0.15, 0.2) is 0 Å². The first-order valence-corrected chi connectivity index (χ1v) is 8.73. The van der Waals surface area contributed by atoms with Crippen LogP contribution in [0.4, 0.5) is 0 Å². The fraction of sp³-hybridized carbons (Fsp3) is 0.200. The van der Waals surface area contributed by atoms with E-state index in [0.29, 0.717) is 10.9 Å². The average molecular weight is 370 g/mol. The summed E-state index contributed by atoms with van der Waals surface area (Å²) in [5, 5.41) is 9.94. The molecule has 0 fully saturated rings. The van der Waals surface area contributed by atoms with Gasteiger partial charge in [-0.05, 0) is 40.0 Å². The number of benzene rings is 2. The van der Waals surface area contributed by atoms with Crippen LogP contribution in [0.15, 0.2) is 64.0 Å². The maximum atomic E-state index is 12.2. The van der Waals surface area contributed by atoms with Crippen molar-refractivity contribution in [2.24, 2.45) is 0 Å². The second kappa shape index (κ2) is 7.17. The third-order valence-electron chi connectivity index (χ3n) is 2.95. The van der Waals surface area contributed by atoms with Gasteiger partial charge in [0.1, 0.15) is 0 Å². The van der Waals surface area contributed by atoms with Crippen LogP contribution in [0.2, 0.25) is 0 Å². The van der Waals surface area contributed by atoms with E-state index in [4.69, 9.17) is 0 Å². The van der Waals surface area contributed by atoms with Crippen LogP contribution in [-0.4, -0.2) is 26.2 Å². The summed E-state index contributed by atoms with van der Waals surface area (Å²) in [6.07, 6.45) is -0.371. The Kier molecular flexibility index (Phi) is 5.52. The number of nitrogens with one attached hydrogen (secondary N) is 1. The number of hydrogen-bond donors (Lipinski definition) is 2. The first kappa shape index (κ1) is 16.2. The van der Waals surface area contributed by atoms with Crippen molar-refractivity contribution in [3.8, 4) is 0 Å². The van der Waals surface area contributed by atoms with Crippen LogP contribution in [0, 0.1) is 0 Å². The molecule has 0 amide bonds. The maximum absolute atomic E-state index is 12.2. The number of rotatable bonds is 6. The summed E-state index contributed by atoms with van der Waals surface area (Å²) in [5.41, 5.74) is 0.963. The van der Waals surface area contributed by atoms with E-state index in [1.165, 1.54) is 6.07 Å². The highest BCUT2D eigenvalue weighted by atomic mass is 79.9. The number of halogens is 1. The zero-order valence-corrected chi connectivity index (χ0v) is 13.6. The Balaban J connectivity index is 1.97. The van der Waals surface area contributed by atoms with E-state index in [1.54, 1.807) is 18.2 Å². The molecule has 0 saturated carbocycles. The molecule has 1 unspecified atom stereocenters. The summed E-state index contributed by atoms with van der Waals surface area (Å²) in [5.74, 6) is 0. The highest BCUT2D eigenvalue weighted by Gasteiger charge is 2.18. The van der Waals surface area contributed by atoms with Gasteiger partial charge in [0.05, 0.1) is 11.0 Å². The van der Waals surface area contributed by atoms with E-state index in [-0.39, 0.29) is 11.4 Å². The van der Waals surface area contributed by atoms with Crippen molar-refractivity contribution in [1.82, 2.24) is 4.72 Å². The predicted molar refractivity (Wildman–Crippen MR) is 85.5 cm³/mol. The third kappa shape index (κ3) is 4.64. The average Bonchev–Trinajstić information content (AvgIpc) is 2.47. The van der Waals surface area contributed by atoms with Crippen molar-refractivity contribution in [2.75, 3.05) is 6.54 Å². The fourth-order valence-corrected chi connectivity index (χ4v) is 3.98. The van der Waals surface area contributed by atoms with Gasteiger partial charge in [-0.2, -0.15) is 0 Å². The number of sulfonamides is 1. The molecule has 2 rings (SSSR count). The Morgan fingerprint density at radius 3 is 2.33 bits per heavy atom. The Bertz CT molecular complexity index is 689. The normalized spacial score (nSPS) is 13.0. The van der Waals surface area contributed by atoms with Crippen LogP contribution in [-0.2, 0) is 16.4 Å². The topological polar surface area (TPSA) is 66.4 Å². The standard InChI is InChI=1S/C15H16BrNO3S/c16-14-8-4-5-9-15(14)21(19,20)17-11-13(18)10-12-6-2-1-3-7-12/h1-9,13,17-18H,10-11H2. The second-order valence-corrected chi connectivity index (χ2v) is 7.22. The molecule has 0 aliphatic carbocycles. The molecule has 21 heavy (non-hydrogen) atoms. The molecule has 0 heterocycles. The van der Waals surface area contributed by atoms with Crippen LogP contribution >= 0.6 is 15.9 Å². The van der Waals surface area contributed by atoms with E-state index >= 15 is 0 Å². The van der Waals surface area contributed by atoms with Gasteiger partial charge < -0.3 is 5.11 Å². The van der Waals surface area contributed by atoms with E-state index in [1.807, 2.05) is 30.3 Å². The predicted octanol–water partition coefficient (Wildman–Crippen LogP) is 2.33. The first-order valence-electron chi connectivity index (χ1n) is 6.45. The molecule has 0 saturated heterocycles. The van der Waals surface area contributed by atoms with Crippen molar-refractivity contribution in [3.63, 3.8) is 0 Å². The van der Waals surface area contributed by atoms with Crippen molar-refractivity contribution in [3.05, 3.63) is 64.6 Å². The van der Waals surface area contributed by atoms with E-state index in [0.717, 1.165) is 5.56 Å². The zero-order valence-electron chi connectivity index (χ0n) is 11.2. The van der Waals surface area contributed by atoms with Crippen molar-refractivity contribution < 1.29 is 13.5 Å². The molecule has 0 radical (unpaired) electrons. The Labute approximate surface area is 133 Å². The first-order chi connectivity index (χ1) is 9.99. The molecule has 0 spiro atoms. The van der Waals surface area contributed by atoms with Gasteiger partial charge in [0, 0.05) is 11.0 Å². The molecule has 6 heteroatoms. The molecule has 2 aromatic rings. The van der Waals surface area contributed by atoms with E-state index in [9.17, 15) is 13.5 Å². The van der Waals surface area contributed by atoms with Gasteiger partial charge >= 0.3 is 0 Å². The second-order valence-electron chi connectivity index (χ2n) is 4.63. The van der Waals surface area contributed by atoms with E-state index in [2.05, 4.69) is 20.7 Å². The molecule has 0 aromatic heterocycles. The summed E-state index contributed by atoms with van der Waals surface area (Å²) in [6, 6.07) is 16.0. The van der Waals surface area contributed by atoms with Crippen molar-refractivity contribution in [1.29, 1.82) is 0 Å². The molecule has 4 nitrogen and oxygen atoms in total. The largest absolute Gasteiger partial charge is 0.391 e. The summed E-state index contributed by atoms with van der Waals surface area (Å²) < 4.78 is 27.2. The summed E-state index contributed by atoms with van der Waals surface area (Å²) in [4.78, 5) is 0.164. The molecular formula is C15H16BrNO3S. The molecule has 112 valence electrons. The van der Waals surface area contributed by atoms with Gasteiger partial charge in [0.25, 0.3) is 0 Å². The fourth-order valence-electron chi connectivity index (χ4n) is 1.90. The highest BCUT2D eigenvalue weighted by molar-refractivity contribution is 9.10. The molecule has 0 aliphatic heterocycles. The molecule has 0 aliphatic rings. The van der Waals surface area contributed by atoms with Crippen LogP contribution in [0.5, 0.6) is 0 Å². The monoisotopic (exact) mass is 369 g/mol. The smallest absolute Gasteiger partial charge is 0.241 e. The van der Waals surface area contributed by atoms with Crippen LogP contribution in [0.25, 0.3) is 0 Å². The lowest BCUT2D eigenvalue weighted by molar-refractivity contribution is 0.179. The van der Waals surface area contributed by atoms with E-state index < -0.39 is 16.1 Å². The summed E-state index contributed by atoms with van der Waals surface area (Å²) in [6.45, 7) is -0.0292. The number of aliphatic hydroxyl groups excluding tert-OH is 1. The lowest BCUT2D eigenvalue weighted by atomic mass is 10.1. The van der Waals surface area contributed by atoms with Crippen LogP contribution in [0.3, 0.4) is 0 Å². The van der Waals surface area contributed by atoms with Gasteiger partial charge in [0.2, 0.25) is 10.0 Å². The van der Waals surface area contributed by atoms with Gasteiger partial charge in [-0.1, -0.05) is 42.5 Å². The number of hydrogen-bond acceptors (Lipinski definition) is 3. The minimum Gasteiger partial charge on any atom is -0.391 e. The minimum absolute atomic E-state index is 0.0292. The minimum atomic E-state index is -3.64. The van der Waals surface area contributed by atoms with Crippen molar-refractivity contribution in [2.45, 2.75) is 17.4 Å². The van der Waals surface area contributed by atoms with Gasteiger partial charge in [-0.3, -0.25) is 0 Å². The summed E-state index contributed by atoms with van der Waals surface area (Å²) >= 11 is 3.21. The highest BCUT2D eigenvalue weighted by Crippen LogP contribution is 2.20. The van der Waals surface area contributed by atoms with Gasteiger partial charge in [-0.25, -0.2) is 13.1 Å².